The smallest absolute Gasteiger partial charge is 0.0452 e. The highest BCUT2D eigenvalue weighted by molar-refractivity contribution is 6.31. The van der Waals surface area contributed by atoms with Gasteiger partial charge in [0.1, 0.15) is 0 Å². The van der Waals surface area contributed by atoms with Crippen LogP contribution in [0.25, 0.3) is 0 Å². The van der Waals surface area contributed by atoms with E-state index in [-0.39, 0.29) is 0 Å². The lowest BCUT2D eigenvalue weighted by atomic mass is 9.99. The SMILES string of the molecule is Nc1ccc(Cl)c(CN2CCc3ccccc3C2)c1. The summed E-state index contributed by atoms with van der Waals surface area (Å²) in [5.41, 5.74) is 10.6. The first-order valence-electron chi connectivity index (χ1n) is 6.55. The van der Waals surface area contributed by atoms with E-state index < -0.39 is 0 Å². The van der Waals surface area contributed by atoms with Gasteiger partial charge in [0.05, 0.1) is 0 Å². The highest BCUT2D eigenvalue weighted by Crippen LogP contribution is 2.24. The molecule has 0 aliphatic carbocycles. The fourth-order valence-corrected chi connectivity index (χ4v) is 2.82. The minimum Gasteiger partial charge on any atom is -0.399 e. The molecule has 2 aromatic rings. The lowest BCUT2D eigenvalue weighted by Crippen LogP contribution is -2.30. The summed E-state index contributed by atoms with van der Waals surface area (Å²) in [7, 11) is 0. The third-order valence-electron chi connectivity index (χ3n) is 3.67. The van der Waals surface area contributed by atoms with Crippen molar-refractivity contribution in [3.63, 3.8) is 0 Å². The first-order valence-corrected chi connectivity index (χ1v) is 6.93. The zero-order valence-corrected chi connectivity index (χ0v) is 11.5. The van der Waals surface area contributed by atoms with E-state index in [0.717, 1.165) is 42.3 Å². The van der Waals surface area contributed by atoms with Gasteiger partial charge in [-0.2, -0.15) is 0 Å². The second kappa shape index (κ2) is 5.24. The maximum Gasteiger partial charge on any atom is 0.0452 e. The van der Waals surface area contributed by atoms with Crippen molar-refractivity contribution in [2.24, 2.45) is 0 Å². The number of rotatable bonds is 2. The molecule has 0 amide bonds. The molecule has 0 fully saturated rings. The molecule has 0 aromatic heterocycles. The van der Waals surface area contributed by atoms with Gasteiger partial charge in [0, 0.05) is 30.3 Å². The Kier molecular flexibility index (Phi) is 3.45. The number of nitrogens with two attached hydrogens (primary N) is 1. The molecular formula is C16H17ClN2. The van der Waals surface area contributed by atoms with Crippen LogP contribution in [0.4, 0.5) is 5.69 Å². The summed E-state index contributed by atoms with van der Waals surface area (Å²) in [6.07, 6.45) is 1.11. The van der Waals surface area contributed by atoms with E-state index in [4.69, 9.17) is 17.3 Å². The molecule has 1 heterocycles. The normalized spacial score (nSPS) is 15.2. The molecule has 98 valence electrons. The molecule has 0 spiro atoms. The number of hydrogen-bond acceptors (Lipinski definition) is 2. The Morgan fingerprint density at radius 1 is 1.11 bits per heavy atom. The molecule has 0 radical (unpaired) electrons. The number of fused-ring (bicyclic) bond motifs is 1. The quantitative estimate of drug-likeness (QED) is 0.848. The first kappa shape index (κ1) is 12.5. The second-order valence-electron chi connectivity index (χ2n) is 5.08. The van der Waals surface area contributed by atoms with Crippen molar-refractivity contribution in [2.75, 3.05) is 12.3 Å². The number of nitrogens with zero attached hydrogens (tertiary/aromatic N) is 1. The molecule has 3 heteroatoms. The van der Waals surface area contributed by atoms with Crippen molar-refractivity contribution in [2.45, 2.75) is 19.5 Å². The van der Waals surface area contributed by atoms with E-state index in [2.05, 4.69) is 29.2 Å². The summed E-state index contributed by atoms with van der Waals surface area (Å²) >= 11 is 6.23. The molecule has 0 atom stereocenters. The molecule has 3 rings (SSSR count). The lowest BCUT2D eigenvalue weighted by molar-refractivity contribution is 0.245. The van der Waals surface area contributed by atoms with Crippen molar-refractivity contribution < 1.29 is 0 Å². The van der Waals surface area contributed by atoms with Gasteiger partial charge in [-0.15, -0.1) is 0 Å². The zero-order valence-electron chi connectivity index (χ0n) is 10.8. The van der Waals surface area contributed by atoms with Gasteiger partial charge in [-0.3, -0.25) is 4.90 Å². The second-order valence-corrected chi connectivity index (χ2v) is 5.49. The van der Waals surface area contributed by atoms with Crippen molar-refractivity contribution in [1.82, 2.24) is 4.90 Å². The van der Waals surface area contributed by atoms with Crippen molar-refractivity contribution in [3.8, 4) is 0 Å². The van der Waals surface area contributed by atoms with Crippen LogP contribution in [0.1, 0.15) is 16.7 Å². The van der Waals surface area contributed by atoms with Crippen molar-refractivity contribution in [3.05, 3.63) is 64.2 Å². The lowest BCUT2D eigenvalue weighted by Gasteiger charge is -2.29. The summed E-state index contributed by atoms with van der Waals surface area (Å²) in [6, 6.07) is 14.4. The molecule has 0 unspecified atom stereocenters. The van der Waals surface area contributed by atoms with Crippen LogP contribution in [0.15, 0.2) is 42.5 Å². The Balaban J connectivity index is 1.77. The van der Waals surface area contributed by atoms with Crippen LogP contribution in [0.2, 0.25) is 5.02 Å². The Labute approximate surface area is 118 Å². The zero-order chi connectivity index (χ0) is 13.2. The summed E-state index contributed by atoms with van der Waals surface area (Å²) in [5.74, 6) is 0. The van der Waals surface area contributed by atoms with Crippen LogP contribution < -0.4 is 5.73 Å². The topological polar surface area (TPSA) is 29.3 Å². The van der Waals surface area contributed by atoms with E-state index in [1.54, 1.807) is 0 Å². The van der Waals surface area contributed by atoms with Crippen LogP contribution in [-0.2, 0) is 19.5 Å². The molecule has 19 heavy (non-hydrogen) atoms. The summed E-state index contributed by atoms with van der Waals surface area (Å²) in [5, 5.41) is 0.799. The molecule has 0 bridgehead atoms. The average Bonchev–Trinajstić information content (AvgIpc) is 2.43. The molecule has 2 N–H and O–H groups in total. The summed E-state index contributed by atoms with van der Waals surface area (Å²) in [4.78, 5) is 2.42. The number of halogens is 1. The van der Waals surface area contributed by atoms with Crippen molar-refractivity contribution >= 4 is 17.3 Å². The molecule has 1 aliphatic rings. The fraction of sp³-hybridized carbons (Fsp3) is 0.250. The highest BCUT2D eigenvalue weighted by Gasteiger charge is 2.16. The van der Waals surface area contributed by atoms with Gasteiger partial charge in [0.2, 0.25) is 0 Å². The first-order chi connectivity index (χ1) is 9.22. The van der Waals surface area contributed by atoms with Crippen LogP contribution in [-0.4, -0.2) is 11.4 Å². The Hall–Kier alpha value is -1.51. The summed E-state index contributed by atoms with van der Waals surface area (Å²) < 4.78 is 0. The fourth-order valence-electron chi connectivity index (χ4n) is 2.65. The molecule has 0 saturated carbocycles. The van der Waals surface area contributed by atoms with Gasteiger partial charge in [-0.1, -0.05) is 35.9 Å². The Morgan fingerprint density at radius 3 is 2.74 bits per heavy atom. The van der Waals surface area contributed by atoms with E-state index in [1.165, 1.54) is 11.1 Å². The maximum atomic E-state index is 6.23. The number of benzene rings is 2. The average molecular weight is 273 g/mol. The minimum atomic E-state index is 0.775. The largest absolute Gasteiger partial charge is 0.399 e. The third-order valence-corrected chi connectivity index (χ3v) is 4.04. The van der Waals surface area contributed by atoms with Crippen LogP contribution >= 0.6 is 11.6 Å². The molecule has 0 saturated heterocycles. The standard InChI is InChI=1S/C16H17ClN2/c17-16-6-5-15(18)9-14(16)11-19-8-7-12-3-1-2-4-13(12)10-19/h1-6,9H,7-8,10-11,18H2. The monoisotopic (exact) mass is 272 g/mol. The third kappa shape index (κ3) is 2.75. The van der Waals surface area contributed by atoms with Crippen LogP contribution in [0.5, 0.6) is 0 Å². The van der Waals surface area contributed by atoms with Gasteiger partial charge in [0.15, 0.2) is 0 Å². The van der Waals surface area contributed by atoms with E-state index in [9.17, 15) is 0 Å². The maximum absolute atomic E-state index is 6.23. The van der Waals surface area contributed by atoms with Crippen molar-refractivity contribution in [1.29, 1.82) is 0 Å². The molecular weight excluding hydrogens is 256 g/mol. The number of nitrogen functional groups attached to an aromatic ring is 1. The predicted octanol–water partition coefficient (Wildman–Crippen LogP) is 3.48. The molecule has 2 aromatic carbocycles. The Bertz CT molecular complexity index is 595. The summed E-state index contributed by atoms with van der Waals surface area (Å²) in [6.45, 7) is 2.92. The van der Waals surface area contributed by atoms with Crippen LogP contribution in [0, 0.1) is 0 Å². The Morgan fingerprint density at radius 2 is 1.89 bits per heavy atom. The van der Waals surface area contributed by atoms with Gasteiger partial charge in [0.25, 0.3) is 0 Å². The predicted molar refractivity (Wildman–Crippen MR) is 80.1 cm³/mol. The van der Waals surface area contributed by atoms with E-state index in [0.29, 0.717) is 0 Å². The van der Waals surface area contributed by atoms with Crippen LogP contribution in [0.3, 0.4) is 0 Å². The van der Waals surface area contributed by atoms with E-state index >= 15 is 0 Å². The van der Waals surface area contributed by atoms with Gasteiger partial charge in [-0.05, 0) is 41.3 Å². The number of hydrogen-bond donors (Lipinski definition) is 1. The minimum absolute atomic E-state index is 0.775. The van der Waals surface area contributed by atoms with Gasteiger partial charge >= 0.3 is 0 Å². The number of anilines is 1. The molecule has 1 aliphatic heterocycles. The molecule has 2 nitrogen and oxygen atoms in total. The van der Waals surface area contributed by atoms with Gasteiger partial charge in [-0.25, -0.2) is 0 Å². The van der Waals surface area contributed by atoms with Gasteiger partial charge < -0.3 is 5.73 Å². The highest BCUT2D eigenvalue weighted by atomic mass is 35.5. The van der Waals surface area contributed by atoms with E-state index in [1.807, 2.05) is 18.2 Å².